The molecule has 4 unspecified atom stereocenters. The van der Waals surface area contributed by atoms with Crippen LogP contribution in [0.5, 0.6) is 5.75 Å². The van der Waals surface area contributed by atoms with E-state index in [2.05, 4.69) is 79.4 Å². The van der Waals surface area contributed by atoms with Gasteiger partial charge in [0, 0.05) is 18.2 Å². The minimum absolute atomic E-state index is 0.0571. The molecule has 0 N–H and O–H groups in total. The van der Waals surface area contributed by atoms with E-state index in [0.717, 1.165) is 33.6 Å². The van der Waals surface area contributed by atoms with Crippen LogP contribution in [0.25, 0.3) is 0 Å². The van der Waals surface area contributed by atoms with Gasteiger partial charge < -0.3 is 9.47 Å². The highest BCUT2D eigenvalue weighted by molar-refractivity contribution is 7.37. The van der Waals surface area contributed by atoms with Crippen molar-refractivity contribution in [1.29, 1.82) is 0 Å². The Bertz CT molecular complexity index is 528. The maximum atomic E-state index is 6.39. The van der Waals surface area contributed by atoms with Crippen molar-refractivity contribution in [1.82, 2.24) is 0 Å². The maximum Gasteiger partial charge on any atom is 0.205 e. The number of hydrogen-bond donors (Lipinski definition) is 0. The molecular weight excluding hydrogens is 351 g/mol. The van der Waals surface area contributed by atoms with Crippen LogP contribution in [0.2, 0.25) is 0 Å². The second kappa shape index (κ2) is 10.8. The van der Waals surface area contributed by atoms with Crippen molar-refractivity contribution in [3.8, 4) is 5.75 Å². The summed E-state index contributed by atoms with van der Waals surface area (Å²) in [7, 11) is 2.67. The van der Waals surface area contributed by atoms with Crippen LogP contribution in [-0.2, 0) is 4.74 Å². The van der Waals surface area contributed by atoms with Gasteiger partial charge in [0.1, 0.15) is 5.75 Å². The van der Waals surface area contributed by atoms with Crippen LogP contribution in [0.1, 0.15) is 85.4 Å². The van der Waals surface area contributed by atoms with Crippen molar-refractivity contribution in [2.45, 2.75) is 86.1 Å². The van der Waals surface area contributed by atoms with E-state index in [-0.39, 0.29) is 17.1 Å². The maximum absolute atomic E-state index is 6.39. The minimum Gasteiger partial charge on any atom is -0.464 e. The average Bonchev–Trinajstić information content (AvgIpc) is 2.64. The first-order valence-corrected chi connectivity index (χ1v) is 12.2. The van der Waals surface area contributed by atoms with Crippen LogP contribution in [-0.4, -0.2) is 20.1 Å². The van der Waals surface area contributed by atoms with Crippen molar-refractivity contribution in [3.05, 3.63) is 29.8 Å². The molecule has 1 rings (SSSR count). The molecule has 0 fully saturated rings. The van der Waals surface area contributed by atoms with Crippen LogP contribution in [0.4, 0.5) is 0 Å². The van der Waals surface area contributed by atoms with E-state index in [0.29, 0.717) is 11.6 Å². The van der Waals surface area contributed by atoms with E-state index < -0.39 is 0 Å². The van der Waals surface area contributed by atoms with E-state index in [1.807, 2.05) is 0 Å². The van der Waals surface area contributed by atoms with Gasteiger partial charge in [0.2, 0.25) is 6.29 Å². The molecule has 0 aliphatic rings. The fourth-order valence-corrected chi connectivity index (χ4v) is 5.58. The molecule has 1 aromatic rings. The lowest BCUT2D eigenvalue weighted by Crippen LogP contribution is -2.41. The lowest BCUT2D eigenvalue weighted by Gasteiger charge is -2.40. The zero-order valence-electron chi connectivity index (χ0n) is 19.2. The molecule has 4 atom stereocenters. The quantitative estimate of drug-likeness (QED) is 0.283. The summed E-state index contributed by atoms with van der Waals surface area (Å²) in [5.41, 5.74) is 2.32. The molecule has 27 heavy (non-hydrogen) atoms. The zero-order chi connectivity index (χ0) is 20.7. The molecule has 0 saturated heterocycles. The first kappa shape index (κ1) is 24.4. The van der Waals surface area contributed by atoms with E-state index in [4.69, 9.17) is 9.47 Å². The molecule has 1 aromatic carbocycles. The Hall–Kier alpha value is -0.590. The van der Waals surface area contributed by atoms with E-state index in [1.165, 1.54) is 12.0 Å². The Balaban J connectivity index is 3.02. The second-order valence-electron chi connectivity index (χ2n) is 9.13. The third-order valence-corrected chi connectivity index (χ3v) is 7.96. The van der Waals surface area contributed by atoms with Crippen molar-refractivity contribution in [2.75, 3.05) is 13.8 Å². The summed E-state index contributed by atoms with van der Waals surface area (Å²) in [5.74, 6) is 1.58. The largest absolute Gasteiger partial charge is 0.464 e. The first-order chi connectivity index (χ1) is 12.7. The van der Waals surface area contributed by atoms with Crippen LogP contribution in [0.15, 0.2) is 24.3 Å². The van der Waals surface area contributed by atoms with Gasteiger partial charge in [-0.25, -0.2) is 0 Å². The molecule has 0 amide bonds. The van der Waals surface area contributed by atoms with Gasteiger partial charge in [0.05, 0.1) is 0 Å². The topological polar surface area (TPSA) is 18.5 Å². The van der Waals surface area contributed by atoms with Crippen LogP contribution < -0.4 is 4.74 Å². The Morgan fingerprint density at radius 1 is 1.00 bits per heavy atom. The highest BCUT2D eigenvalue weighted by Crippen LogP contribution is 2.46. The SMILES string of the molecule is CCC(C)CC(CC)(CC)C(OC)Oc1ccc(C(PC)C(C)(C)C)cc1. The Labute approximate surface area is 170 Å². The first-order valence-electron chi connectivity index (χ1n) is 10.6. The highest BCUT2D eigenvalue weighted by Gasteiger charge is 2.39. The van der Waals surface area contributed by atoms with Gasteiger partial charge in [-0.2, -0.15) is 0 Å². The standard InChI is InChI=1S/C24H43O2P/c1-10-18(4)17-24(11-2,12-3)22(25-8)26-20-15-13-19(14-16-20)21(27-9)23(5,6)7/h13-16,18,21-22,27H,10-12,17H2,1-9H3. The van der Waals surface area contributed by atoms with Gasteiger partial charge in [-0.3, -0.25) is 0 Å². The summed E-state index contributed by atoms with van der Waals surface area (Å²) in [4.78, 5) is 0. The Morgan fingerprint density at radius 3 is 1.93 bits per heavy atom. The molecule has 0 heterocycles. The molecule has 0 aromatic heterocycles. The molecule has 3 heteroatoms. The summed E-state index contributed by atoms with van der Waals surface area (Å²) >= 11 is 0. The second-order valence-corrected chi connectivity index (χ2v) is 10.3. The normalized spacial score (nSPS) is 16.5. The smallest absolute Gasteiger partial charge is 0.205 e. The molecule has 0 bridgehead atoms. The number of methoxy groups -OCH3 is 1. The number of hydrogen-bond acceptors (Lipinski definition) is 2. The van der Waals surface area contributed by atoms with Crippen LogP contribution in [0, 0.1) is 16.7 Å². The average molecular weight is 395 g/mol. The molecular formula is C24H43O2P. The van der Waals surface area contributed by atoms with E-state index >= 15 is 0 Å². The summed E-state index contributed by atoms with van der Waals surface area (Å²) < 4.78 is 12.3. The van der Waals surface area contributed by atoms with Crippen molar-refractivity contribution in [2.24, 2.45) is 16.7 Å². The summed E-state index contributed by atoms with van der Waals surface area (Å²) in [5, 5.41) is 0. The van der Waals surface area contributed by atoms with Gasteiger partial charge in [0.15, 0.2) is 0 Å². The zero-order valence-corrected chi connectivity index (χ0v) is 20.2. The fraction of sp³-hybridized carbons (Fsp3) is 0.750. The van der Waals surface area contributed by atoms with E-state index in [1.54, 1.807) is 7.11 Å². The Morgan fingerprint density at radius 2 is 1.56 bits per heavy atom. The molecule has 0 radical (unpaired) electrons. The monoisotopic (exact) mass is 394 g/mol. The van der Waals surface area contributed by atoms with E-state index in [9.17, 15) is 0 Å². The van der Waals surface area contributed by atoms with Crippen LogP contribution in [0.3, 0.4) is 0 Å². The molecule has 156 valence electrons. The van der Waals surface area contributed by atoms with Crippen molar-refractivity contribution < 1.29 is 9.47 Å². The summed E-state index contributed by atoms with van der Waals surface area (Å²) in [6, 6.07) is 8.73. The van der Waals surface area contributed by atoms with Gasteiger partial charge in [-0.05, 0) is 55.0 Å². The number of ether oxygens (including phenoxy) is 2. The minimum atomic E-state index is -0.209. The predicted octanol–water partition coefficient (Wildman–Crippen LogP) is 7.68. The molecule has 0 spiro atoms. The van der Waals surface area contributed by atoms with Gasteiger partial charge in [-0.1, -0.05) is 67.0 Å². The molecule has 2 nitrogen and oxygen atoms in total. The molecule has 0 aliphatic carbocycles. The third kappa shape index (κ3) is 6.47. The highest BCUT2D eigenvalue weighted by atomic mass is 31.1. The Kier molecular flexibility index (Phi) is 9.80. The van der Waals surface area contributed by atoms with Gasteiger partial charge >= 0.3 is 0 Å². The van der Waals surface area contributed by atoms with Crippen molar-refractivity contribution in [3.63, 3.8) is 0 Å². The molecule has 0 aliphatic heterocycles. The van der Waals surface area contributed by atoms with Crippen LogP contribution >= 0.6 is 8.58 Å². The number of benzene rings is 1. The summed E-state index contributed by atoms with van der Waals surface area (Å²) in [6.45, 7) is 18.4. The third-order valence-electron chi connectivity index (χ3n) is 6.19. The van der Waals surface area contributed by atoms with Gasteiger partial charge in [-0.15, -0.1) is 8.58 Å². The lowest BCUT2D eigenvalue weighted by atomic mass is 9.74. The summed E-state index contributed by atoms with van der Waals surface area (Å²) in [6.07, 6.45) is 4.24. The predicted molar refractivity (Wildman–Crippen MR) is 121 cm³/mol. The lowest BCUT2D eigenvalue weighted by molar-refractivity contribution is -0.150. The van der Waals surface area contributed by atoms with Gasteiger partial charge in [0.25, 0.3) is 0 Å². The van der Waals surface area contributed by atoms with Crippen molar-refractivity contribution >= 4 is 8.58 Å². The fourth-order valence-electron chi connectivity index (χ4n) is 4.19. The number of rotatable bonds is 11. The molecule has 0 saturated carbocycles.